The van der Waals surface area contributed by atoms with Gasteiger partial charge in [0.05, 0.1) is 12.5 Å². The Balaban J connectivity index is 2.04. The molecule has 1 aliphatic rings. The molecule has 0 spiro atoms. The van der Waals surface area contributed by atoms with Crippen LogP contribution in [0.2, 0.25) is 0 Å². The van der Waals surface area contributed by atoms with Crippen molar-refractivity contribution in [3.8, 4) is 0 Å². The number of halogens is 1. The predicted octanol–water partition coefficient (Wildman–Crippen LogP) is 2.15. The van der Waals surface area contributed by atoms with Crippen molar-refractivity contribution in [1.82, 2.24) is 5.32 Å². The molecule has 17 heavy (non-hydrogen) atoms. The van der Waals surface area contributed by atoms with E-state index in [-0.39, 0.29) is 17.6 Å². The molecule has 1 aromatic rings. The van der Waals surface area contributed by atoms with E-state index in [4.69, 9.17) is 0 Å². The molecule has 0 saturated heterocycles. The summed E-state index contributed by atoms with van der Waals surface area (Å²) in [6.45, 7) is 2.50. The van der Waals surface area contributed by atoms with E-state index in [1.807, 2.05) is 0 Å². The van der Waals surface area contributed by atoms with Crippen LogP contribution in [-0.2, 0) is 4.79 Å². The summed E-state index contributed by atoms with van der Waals surface area (Å²) in [6, 6.07) is 6.10. The van der Waals surface area contributed by atoms with Crippen molar-refractivity contribution < 1.29 is 9.18 Å². The smallest absolute Gasteiger partial charge is 0.233 e. The van der Waals surface area contributed by atoms with Crippen molar-refractivity contribution in [3.63, 3.8) is 0 Å². The molecule has 1 heterocycles. The average molecular weight is 252 g/mol. The molecule has 1 unspecified atom stereocenters. The molecule has 1 aromatic carbocycles. The Bertz CT molecular complexity index is 462. The maximum absolute atomic E-state index is 13.0. The Morgan fingerprint density at radius 3 is 3.06 bits per heavy atom. The minimum Gasteiger partial charge on any atom is -0.305 e. The normalized spacial score (nSPS) is 16.5. The molecular weight excluding hydrogens is 239 g/mol. The van der Waals surface area contributed by atoms with Gasteiger partial charge < -0.3 is 5.32 Å². The first-order valence-corrected chi connectivity index (χ1v) is 6.39. The number of thioether (sulfide) groups is 1. The second-order valence-corrected chi connectivity index (χ2v) is 4.88. The Kier molecular flexibility index (Phi) is 3.78. The van der Waals surface area contributed by atoms with Gasteiger partial charge in [0.25, 0.3) is 0 Å². The molecule has 0 aromatic heterocycles. The van der Waals surface area contributed by atoms with Gasteiger partial charge in [0.15, 0.2) is 5.17 Å². The SMILES string of the molecule is CC(C(=O)NC1=NCCS1)c1cccc(F)c1. The number of carbonyl (C=O) groups is 1. The Hall–Kier alpha value is -1.36. The Labute approximate surface area is 104 Å². The molecule has 90 valence electrons. The highest BCUT2D eigenvalue weighted by Crippen LogP contribution is 2.17. The van der Waals surface area contributed by atoms with Gasteiger partial charge in [0.1, 0.15) is 5.82 Å². The van der Waals surface area contributed by atoms with Crippen LogP contribution in [0.1, 0.15) is 18.4 Å². The molecule has 5 heteroatoms. The number of aliphatic imine (C=N–C) groups is 1. The summed E-state index contributed by atoms with van der Waals surface area (Å²) in [5.41, 5.74) is 0.672. The van der Waals surface area contributed by atoms with E-state index in [2.05, 4.69) is 10.3 Å². The number of benzene rings is 1. The molecule has 0 bridgehead atoms. The van der Waals surface area contributed by atoms with E-state index in [1.165, 1.54) is 23.9 Å². The van der Waals surface area contributed by atoms with Crippen LogP contribution in [0.15, 0.2) is 29.3 Å². The standard InChI is InChI=1S/C12H13FN2OS/c1-8(9-3-2-4-10(13)7-9)11(16)15-12-14-5-6-17-12/h2-4,7-8H,5-6H2,1H3,(H,14,15,16). The lowest BCUT2D eigenvalue weighted by atomic mass is 10.0. The summed E-state index contributed by atoms with van der Waals surface area (Å²) in [5.74, 6) is 0.0531. The first-order chi connectivity index (χ1) is 8.16. The first-order valence-electron chi connectivity index (χ1n) is 5.40. The zero-order valence-corrected chi connectivity index (χ0v) is 10.3. The summed E-state index contributed by atoms with van der Waals surface area (Å²) in [6.07, 6.45) is 0. The van der Waals surface area contributed by atoms with Crippen molar-refractivity contribution >= 4 is 22.8 Å². The van der Waals surface area contributed by atoms with E-state index < -0.39 is 0 Å². The third-order valence-corrected chi connectivity index (χ3v) is 3.45. The quantitative estimate of drug-likeness (QED) is 0.876. The van der Waals surface area contributed by atoms with Crippen molar-refractivity contribution in [2.45, 2.75) is 12.8 Å². The third-order valence-electron chi connectivity index (χ3n) is 2.56. The van der Waals surface area contributed by atoms with Crippen molar-refractivity contribution in [1.29, 1.82) is 0 Å². The molecule has 0 saturated carbocycles. The molecule has 1 N–H and O–H groups in total. The number of rotatable bonds is 2. The third kappa shape index (κ3) is 3.06. The van der Waals surface area contributed by atoms with E-state index in [0.717, 1.165) is 12.3 Å². The first kappa shape index (κ1) is 12.1. The summed E-state index contributed by atoms with van der Waals surface area (Å²) >= 11 is 1.53. The lowest BCUT2D eigenvalue weighted by Crippen LogP contribution is -2.31. The van der Waals surface area contributed by atoms with Crippen LogP contribution in [-0.4, -0.2) is 23.4 Å². The highest BCUT2D eigenvalue weighted by Gasteiger charge is 2.18. The maximum Gasteiger partial charge on any atom is 0.233 e. The van der Waals surface area contributed by atoms with Crippen LogP contribution in [0, 0.1) is 5.82 Å². The maximum atomic E-state index is 13.0. The van der Waals surface area contributed by atoms with Crippen LogP contribution in [0.5, 0.6) is 0 Å². The van der Waals surface area contributed by atoms with Crippen LogP contribution in [0.4, 0.5) is 4.39 Å². The van der Waals surface area contributed by atoms with Crippen LogP contribution < -0.4 is 5.32 Å². The zero-order chi connectivity index (χ0) is 12.3. The van der Waals surface area contributed by atoms with Crippen molar-refractivity contribution in [2.75, 3.05) is 12.3 Å². The second-order valence-electron chi connectivity index (χ2n) is 3.80. The van der Waals surface area contributed by atoms with Gasteiger partial charge in [0.2, 0.25) is 5.91 Å². The van der Waals surface area contributed by atoms with E-state index >= 15 is 0 Å². The summed E-state index contributed by atoms with van der Waals surface area (Å²) in [7, 11) is 0. The van der Waals surface area contributed by atoms with Gasteiger partial charge in [-0.05, 0) is 24.6 Å². The molecule has 1 atom stereocenters. The molecule has 1 aliphatic heterocycles. The van der Waals surface area contributed by atoms with Crippen molar-refractivity contribution in [2.24, 2.45) is 4.99 Å². The fourth-order valence-electron chi connectivity index (χ4n) is 1.55. The highest BCUT2D eigenvalue weighted by molar-refractivity contribution is 8.14. The highest BCUT2D eigenvalue weighted by atomic mass is 32.2. The van der Waals surface area contributed by atoms with Gasteiger partial charge in [-0.3, -0.25) is 9.79 Å². The van der Waals surface area contributed by atoms with Crippen LogP contribution >= 0.6 is 11.8 Å². The summed E-state index contributed by atoms with van der Waals surface area (Å²) < 4.78 is 13.0. The number of carbonyl (C=O) groups excluding carboxylic acids is 1. The Morgan fingerprint density at radius 2 is 2.41 bits per heavy atom. The number of amides is 1. The molecule has 0 fully saturated rings. The topological polar surface area (TPSA) is 41.5 Å². The van der Waals surface area contributed by atoms with Gasteiger partial charge in [-0.2, -0.15) is 0 Å². The fourth-order valence-corrected chi connectivity index (χ4v) is 2.28. The number of amidine groups is 1. The number of nitrogens with one attached hydrogen (secondary N) is 1. The lowest BCUT2D eigenvalue weighted by molar-refractivity contribution is -0.120. The van der Waals surface area contributed by atoms with Gasteiger partial charge in [-0.15, -0.1) is 0 Å². The zero-order valence-electron chi connectivity index (χ0n) is 9.44. The summed E-state index contributed by atoms with van der Waals surface area (Å²) in [5, 5.41) is 3.41. The summed E-state index contributed by atoms with van der Waals surface area (Å²) in [4.78, 5) is 16.0. The van der Waals surface area contributed by atoms with Crippen LogP contribution in [0.25, 0.3) is 0 Å². The fraction of sp³-hybridized carbons (Fsp3) is 0.333. The molecule has 0 radical (unpaired) electrons. The Morgan fingerprint density at radius 1 is 1.59 bits per heavy atom. The van der Waals surface area contributed by atoms with Crippen LogP contribution in [0.3, 0.4) is 0 Å². The molecule has 3 nitrogen and oxygen atoms in total. The molecular formula is C12H13FN2OS. The molecule has 1 amide bonds. The number of nitrogens with zero attached hydrogens (tertiary/aromatic N) is 1. The van der Waals surface area contributed by atoms with Gasteiger partial charge in [0, 0.05) is 5.75 Å². The van der Waals surface area contributed by atoms with Gasteiger partial charge >= 0.3 is 0 Å². The number of hydrogen-bond donors (Lipinski definition) is 1. The van der Waals surface area contributed by atoms with Gasteiger partial charge in [-0.1, -0.05) is 23.9 Å². The number of hydrogen-bond acceptors (Lipinski definition) is 3. The van der Waals surface area contributed by atoms with E-state index in [9.17, 15) is 9.18 Å². The second kappa shape index (κ2) is 5.31. The molecule has 0 aliphatic carbocycles. The average Bonchev–Trinajstić information content (AvgIpc) is 2.80. The monoisotopic (exact) mass is 252 g/mol. The largest absolute Gasteiger partial charge is 0.305 e. The minimum atomic E-state index is -0.380. The van der Waals surface area contributed by atoms with E-state index in [1.54, 1.807) is 19.1 Å². The molecule has 2 rings (SSSR count). The minimum absolute atomic E-state index is 0.149. The lowest BCUT2D eigenvalue weighted by Gasteiger charge is -2.12. The predicted molar refractivity (Wildman–Crippen MR) is 67.7 cm³/mol. The van der Waals surface area contributed by atoms with Gasteiger partial charge in [-0.25, -0.2) is 4.39 Å². The van der Waals surface area contributed by atoms with E-state index in [0.29, 0.717) is 10.7 Å². The van der Waals surface area contributed by atoms with Crippen molar-refractivity contribution in [3.05, 3.63) is 35.6 Å².